The molecule has 106 valence electrons. The zero-order chi connectivity index (χ0) is 13.7. The van der Waals surface area contributed by atoms with Gasteiger partial charge in [-0.1, -0.05) is 37.3 Å². The van der Waals surface area contributed by atoms with Crippen LogP contribution >= 0.6 is 0 Å². The second kappa shape index (κ2) is 6.51. The molecule has 3 heteroatoms. The van der Waals surface area contributed by atoms with Crippen LogP contribution in [0.4, 0.5) is 0 Å². The third-order valence-electron chi connectivity index (χ3n) is 4.24. The summed E-state index contributed by atoms with van der Waals surface area (Å²) in [6.45, 7) is 5.36. The zero-order valence-corrected chi connectivity index (χ0v) is 11.9. The maximum atomic E-state index is 10.8. The minimum atomic E-state index is -0.922. The van der Waals surface area contributed by atoms with E-state index in [9.17, 15) is 5.11 Å². The van der Waals surface area contributed by atoms with Crippen molar-refractivity contribution in [3.63, 3.8) is 0 Å². The Morgan fingerprint density at radius 2 is 2.00 bits per heavy atom. The van der Waals surface area contributed by atoms with Crippen LogP contribution in [-0.2, 0) is 5.60 Å². The lowest BCUT2D eigenvalue weighted by Crippen LogP contribution is -2.46. The SMILES string of the molecule is CC1CCCN(CC(O)(CN)c2ccccc2)CC1. The Kier molecular flexibility index (Phi) is 4.97. The molecular formula is C16H26N2O. The van der Waals surface area contributed by atoms with E-state index in [1.54, 1.807) is 0 Å². The number of aliphatic hydroxyl groups is 1. The molecule has 1 fully saturated rings. The molecule has 1 saturated heterocycles. The predicted molar refractivity (Wildman–Crippen MR) is 78.8 cm³/mol. The fourth-order valence-corrected chi connectivity index (χ4v) is 2.87. The monoisotopic (exact) mass is 262 g/mol. The summed E-state index contributed by atoms with van der Waals surface area (Å²) in [5.41, 5.74) is 5.85. The van der Waals surface area contributed by atoms with Crippen LogP contribution in [0.2, 0.25) is 0 Å². The van der Waals surface area contributed by atoms with Gasteiger partial charge < -0.3 is 15.7 Å². The quantitative estimate of drug-likeness (QED) is 0.872. The van der Waals surface area contributed by atoms with Gasteiger partial charge >= 0.3 is 0 Å². The van der Waals surface area contributed by atoms with E-state index in [4.69, 9.17) is 5.73 Å². The highest BCUT2D eigenvalue weighted by atomic mass is 16.3. The van der Waals surface area contributed by atoms with E-state index < -0.39 is 5.60 Å². The largest absolute Gasteiger partial charge is 0.382 e. The van der Waals surface area contributed by atoms with Crippen LogP contribution in [0.3, 0.4) is 0 Å². The number of rotatable bonds is 4. The molecule has 19 heavy (non-hydrogen) atoms. The third-order valence-corrected chi connectivity index (χ3v) is 4.24. The summed E-state index contributed by atoms with van der Waals surface area (Å²) in [7, 11) is 0. The Bertz CT molecular complexity index is 382. The van der Waals surface area contributed by atoms with Crippen LogP contribution in [-0.4, -0.2) is 36.2 Å². The van der Waals surface area contributed by atoms with Crippen molar-refractivity contribution in [2.75, 3.05) is 26.2 Å². The average molecular weight is 262 g/mol. The van der Waals surface area contributed by atoms with E-state index in [1.165, 1.54) is 19.3 Å². The number of likely N-dealkylation sites (tertiary alicyclic amines) is 1. The first-order chi connectivity index (χ1) is 9.14. The first kappa shape index (κ1) is 14.5. The minimum absolute atomic E-state index is 0.267. The number of nitrogens with zero attached hydrogens (tertiary/aromatic N) is 1. The molecule has 0 aromatic heterocycles. The van der Waals surface area contributed by atoms with Gasteiger partial charge in [0.2, 0.25) is 0 Å². The van der Waals surface area contributed by atoms with Crippen molar-refractivity contribution < 1.29 is 5.11 Å². The summed E-state index contributed by atoms with van der Waals surface area (Å²) < 4.78 is 0. The molecule has 0 aliphatic carbocycles. The second-order valence-corrected chi connectivity index (χ2v) is 5.91. The van der Waals surface area contributed by atoms with Crippen molar-refractivity contribution >= 4 is 0 Å². The molecule has 3 N–H and O–H groups in total. The van der Waals surface area contributed by atoms with Crippen molar-refractivity contribution in [2.24, 2.45) is 11.7 Å². The molecule has 1 aliphatic heterocycles. The topological polar surface area (TPSA) is 49.5 Å². The van der Waals surface area contributed by atoms with Crippen LogP contribution in [0.25, 0.3) is 0 Å². The Morgan fingerprint density at radius 1 is 1.26 bits per heavy atom. The van der Waals surface area contributed by atoms with E-state index in [1.807, 2.05) is 30.3 Å². The van der Waals surface area contributed by atoms with Crippen molar-refractivity contribution in [3.05, 3.63) is 35.9 Å². The van der Waals surface area contributed by atoms with E-state index in [-0.39, 0.29) is 6.54 Å². The lowest BCUT2D eigenvalue weighted by molar-refractivity contribution is 0.00746. The van der Waals surface area contributed by atoms with Crippen molar-refractivity contribution in [2.45, 2.75) is 31.8 Å². The molecule has 1 heterocycles. The van der Waals surface area contributed by atoms with Gasteiger partial charge in [-0.25, -0.2) is 0 Å². The highest BCUT2D eigenvalue weighted by molar-refractivity contribution is 5.23. The van der Waals surface area contributed by atoms with Crippen LogP contribution in [0, 0.1) is 5.92 Å². The zero-order valence-electron chi connectivity index (χ0n) is 11.9. The van der Waals surface area contributed by atoms with Gasteiger partial charge in [-0.3, -0.25) is 0 Å². The molecule has 0 saturated carbocycles. The number of β-amino-alcohol motifs (C(OH)–C–C–N with tert-alkyl or cyclic N) is 1. The fraction of sp³-hybridized carbons (Fsp3) is 0.625. The molecule has 1 aromatic carbocycles. The van der Waals surface area contributed by atoms with Gasteiger partial charge in [0.05, 0.1) is 0 Å². The van der Waals surface area contributed by atoms with Gasteiger partial charge in [0, 0.05) is 13.1 Å². The van der Waals surface area contributed by atoms with Gasteiger partial charge in [-0.05, 0) is 43.8 Å². The van der Waals surface area contributed by atoms with Crippen LogP contribution in [0.15, 0.2) is 30.3 Å². The Balaban J connectivity index is 2.06. The highest BCUT2D eigenvalue weighted by Crippen LogP contribution is 2.24. The van der Waals surface area contributed by atoms with Crippen molar-refractivity contribution in [1.82, 2.24) is 4.90 Å². The predicted octanol–water partition coefficient (Wildman–Crippen LogP) is 1.95. The number of nitrogens with two attached hydrogens (primary N) is 1. The summed E-state index contributed by atoms with van der Waals surface area (Å²) in [4.78, 5) is 2.36. The molecule has 2 rings (SSSR count). The van der Waals surface area contributed by atoms with E-state index in [2.05, 4.69) is 11.8 Å². The molecule has 0 bridgehead atoms. The highest BCUT2D eigenvalue weighted by Gasteiger charge is 2.30. The van der Waals surface area contributed by atoms with Crippen molar-refractivity contribution in [3.8, 4) is 0 Å². The summed E-state index contributed by atoms with van der Waals surface area (Å²) in [6, 6.07) is 9.82. The lowest BCUT2D eigenvalue weighted by Gasteiger charge is -2.33. The molecule has 3 nitrogen and oxygen atoms in total. The molecule has 2 unspecified atom stereocenters. The van der Waals surface area contributed by atoms with Gasteiger partial charge in [0.1, 0.15) is 5.60 Å². The van der Waals surface area contributed by atoms with Crippen LogP contribution < -0.4 is 5.73 Å². The summed E-state index contributed by atoms with van der Waals surface area (Å²) in [5.74, 6) is 0.799. The summed E-state index contributed by atoms with van der Waals surface area (Å²) in [5, 5.41) is 10.8. The minimum Gasteiger partial charge on any atom is -0.382 e. The number of hydrogen-bond acceptors (Lipinski definition) is 3. The van der Waals surface area contributed by atoms with Crippen LogP contribution in [0.5, 0.6) is 0 Å². The Morgan fingerprint density at radius 3 is 2.68 bits per heavy atom. The average Bonchev–Trinajstić information content (AvgIpc) is 2.64. The van der Waals surface area contributed by atoms with Crippen LogP contribution in [0.1, 0.15) is 31.7 Å². The van der Waals surface area contributed by atoms with Gasteiger partial charge in [0.15, 0.2) is 0 Å². The van der Waals surface area contributed by atoms with Gasteiger partial charge in [0.25, 0.3) is 0 Å². The molecular weight excluding hydrogens is 236 g/mol. The molecule has 0 spiro atoms. The first-order valence-corrected chi connectivity index (χ1v) is 7.34. The van der Waals surface area contributed by atoms with Gasteiger partial charge in [-0.15, -0.1) is 0 Å². The maximum absolute atomic E-state index is 10.8. The smallest absolute Gasteiger partial charge is 0.114 e. The maximum Gasteiger partial charge on any atom is 0.114 e. The van der Waals surface area contributed by atoms with Crippen molar-refractivity contribution in [1.29, 1.82) is 0 Å². The molecule has 1 aliphatic rings. The molecule has 0 radical (unpaired) electrons. The Labute approximate surface area is 116 Å². The van der Waals surface area contributed by atoms with Gasteiger partial charge in [-0.2, -0.15) is 0 Å². The standard InChI is InChI=1S/C16H26N2O/c1-14-6-5-10-18(11-9-14)13-16(19,12-17)15-7-3-2-4-8-15/h2-4,7-8,14,19H,5-6,9-13,17H2,1H3. The first-order valence-electron chi connectivity index (χ1n) is 7.34. The molecule has 0 amide bonds. The number of hydrogen-bond donors (Lipinski definition) is 2. The lowest BCUT2D eigenvalue weighted by atomic mass is 9.93. The van der Waals surface area contributed by atoms with E-state index in [0.29, 0.717) is 6.54 Å². The van der Waals surface area contributed by atoms with E-state index in [0.717, 1.165) is 24.6 Å². The summed E-state index contributed by atoms with van der Waals surface area (Å²) >= 11 is 0. The molecule has 2 atom stereocenters. The Hall–Kier alpha value is -0.900. The second-order valence-electron chi connectivity index (χ2n) is 5.91. The van der Waals surface area contributed by atoms with E-state index >= 15 is 0 Å². The number of benzene rings is 1. The normalized spacial score (nSPS) is 24.7. The third kappa shape index (κ3) is 3.78. The fourth-order valence-electron chi connectivity index (χ4n) is 2.87. The summed E-state index contributed by atoms with van der Waals surface area (Å²) in [6.07, 6.45) is 3.73. The molecule has 1 aromatic rings.